The summed E-state index contributed by atoms with van der Waals surface area (Å²) in [5.41, 5.74) is 3.85. The van der Waals surface area contributed by atoms with Crippen molar-refractivity contribution in [1.29, 1.82) is 0 Å². The number of carbonyl (C=O) groups is 2. The summed E-state index contributed by atoms with van der Waals surface area (Å²) in [4.78, 5) is 23.4. The van der Waals surface area contributed by atoms with Gasteiger partial charge in [-0.2, -0.15) is 0 Å². The second-order valence-electron chi connectivity index (χ2n) is 5.49. The summed E-state index contributed by atoms with van der Waals surface area (Å²) < 4.78 is 0. The largest absolute Gasteiger partial charge is 0.332 e. The van der Waals surface area contributed by atoms with Gasteiger partial charge in [0, 0.05) is 23.9 Å². The number of thiocarbonyl (C=S) groups is 1. The van der Waals surface area contributed by atoms with Crippen molar-refractivity contribution in [3.05, 3.63) is 59.2 Å². The van der Waals surface area contributed by atoms with E-state index in [1.165, 1.54) is 6.92 Å². The number of carbonyl (C=O) groups excluding carboxylic acids is 2. The van der Waals surface area contributed by atoms with Crippen molar-refractivity contribution in [1.82, 2.24) is 5.32 Å². The van der Waals surface area contributed by atoms with Gasteiger partial charge in [-0.1, -0.05) is 23.8 Å². The van der Waals surface area contributed by atoms with Crippen molar-refractivity contribution in [2.45, 2.75) is 20.8 Å². The fourth-order valence-electron chi connectivity index (χ4n) is 2.15. The molecule has 5 nitrogen and oxygen atoms in total. The molecule has 0 radical (unpaired) electrons. The van der Waals surface area contributed by atoms with Gasteiger partial charge in [0.15, 0.2) is 5.11 Å². The lowest BCUT2D eigenvalue weighted by Gasteiger charge is -2.13. The molecule has 0 aromatic heterocycles. The Hall–Kier alpha value is -2.73. The molecule has 124 valence electrons. The second kappa shape index (κ2) is 7.70. The Labute approximate surface area is 146 Å². The maximum Gasteiger partial charge on any atom is 0.257 e. The fraction of sp³-hybridized carbons (Fsp3) is 0.167. The lowest BCUT2D eigenvalue weighted by Crippen LogP contribution is -2.34. The Morgan fingerprint density at radius 1 is 1.00 bits per heavy atom. The number of aryl methyl sites for hydroxylation is 2. The van der Waals surface area contributed by atoms with Crippen LogP contribution in [0.4, 0.5) is 11.4 Å². The zero-order valence-corrected chi connectivity index (χ0v) is 14.6. The van der Waals surface area contributed by atoms with Crippen LogP contribution in [-0.2, 0) is 4.79 Å². The molecular weight excluding hydrogens is 322 g/mol. The third kappa shape index (κ3) is 4.89. The first-order chi connectivity index (χ1) is 11.3. The van der Waals surface area contributed by atoms with E-state index in [4.69, 9.17) is 12.2 Å². The van der Waals surface area contributed by atoms with Crippen molar-refractivity contribution < 1.29 is 9.59 Å². The summed E-state index contributed by atoms with van der Waals surface area (Å²) in [6, 6.07) is 12.7. The molecule has 0 unspecified atom stereocenters. The van der Waals surface area contributed by atoms with Gasteiger partial charge >= 0.3 is 0 Å². The number of benzene rings is 2. The molecule has 0 fully saturated rings. The van der Waals surface area contributed by atoms with Gasteiger partial charge in [-0.15, -0.1) is 0 Å². The molecule has 0 saturated carbocycles. The minimum absolute atomic E-state index is 0.148. The number of rotatable bonds is 3. The van der Waals surface area contributed by atoms with E-state index in [2.05, 4.69) is 16.0 Å². The highest BCUT2D eigenvalue weighted by Crippen LogP contribution is 2.20. The lowest BCUT2D eigenvalue weighted by molar-refractivity contribution is -0.114. The highest BCUT2D eigenvalue weighted by molar-refractivity contribution is 7.80. The Morgan fingerprint density at radius 3 is 2.42 bits per heavy atom. The van der Waals surface area contributed by atoms with E-state index in [1.807, 2.05) is 38.1 Å². The van der Waals surface area contributed by atoms with Crippen LogP contribution in [0.3, 0.4) is 0 Å². The van der Waals surface area contributed by atoms with Crippen LogP contribution in [0.2, 0.25) is 0 Å². The maximum absolute atomic E-state index is 12.2. The van der Waals surface area contributed by atoms with E-state index in [0.717, 1.165) is 11.1 Å². The molecule has 0 spiro atoms. The summed E-state index contributed by atoms with van der Waals surface area (Å²) in [5, 5.41) is 8.53. The maximum atomic E-state index is 12.2. The highest BCUT2D eigenvalue weighted by Gasteiger charge is 2.09. The highest BCUT2D eigenvalue weighted by atomic mass is 32.1. The van der Waals surface area contributed by atoms with Gasteiger partial charge in [0.05, 0.1) is 0 Å². The Bertz CT molecular complexity index is 803. The minimum atomic E-state index is -0.273. The molecule has 2 aromatic carbocycles. The van der Waals surface area contributed by atoms with Gasteiger partial charge < -0.3 is 10.6 Å². The average molecular weight is 341 g/mol. The molecule has 0 aliphatic rings. The van der Waals surface area contributed by atoms with Crippen molar-refractivity contribution in [2.75, 3.05) is 10.6 Å². The monoisotopic (exact) mass is 341 g/mol. The molecule has 2 rings (SSSR count). The summed E-state index contributed by atoms with van der Waals surface area (Å²) in [5.74, 6) is -0.420. The quantitative estimate of drug-likeness (QED) is 0.749. The van der Waals surface area contributed by atoms with E-state index in [0.29, 0.717) is 16.9 Å². The lowest BCUT2D eigenvalue weighted by atomic mass is 10.1. The number of hydrogen-bond acceptors (Lipinski definition) is 3. The third-order valence-electron chi connectivity index (χ3n) is 3.31. The van der Waals surface area contributed by atoms with Gasteiger partial charge in [-0.3, -0.25) is 14.9 Å². The van der Waals surface area contributed by atoms with Crippen LogP contribution in [0, 0.1) is 13.8 Å². The van der Waals surface area contributed by atoms with Crippen molar-refractivity contribution >= 4 is 40.5 Å². The summed E-state index contributed by atoms with van der Waals surface area (Å²) in [6.07, 6.45) is 0. The SMILES string of the molecule is CC(=O)Nc1cc(NC(=S)NC(=O)c2cccc(C)c2)ccc1C. The van der Waals surface area contributed by atoms with Crippen LogP contribution in [0.1, 0.15) is 28.4 Å². The van der Waals surface area contributed by atoms with E-state index >= 15 is 0 Å². The first-order valence-electron chi connectivity index (χ1n) is 7.42. The molecule has 24 heavy (non-hydrogen) atoms. The van der Waals surface area contributed by atoms with Crippen LogP contribution >= 0.6 is 12.2 Å². The van der Waals surface area contributed by atoms with Gasteiger partial charge in [0.2, 0.25) is 5.91 Å². The number of amides is 2. The van der Waals surface area contributed by atoms with Crippen LogP contribution in [-0.4, -0.2) is 16.9 Å². The van der Waals surface area contributed by atoms with E-state index in [9.17, 15) is 9.59 Å². The normalized spacial score (nSPS) is 9.96. The first-order valence-corrected chi connectivity index (χ1v) is 7.83. The Kier molecular flexibility index (Phi) is 5.65. The molecule has 0 aliphatic carbocycles. The molecule has 0 aliphatic heterocycles. The molecule has 2 aromatic rings. The van der Waals surface area contributed by atoms with Gasteiger partial charge in [-0.05, 0) is 55.9 Å². The number of nitrogens with one attached hydrogen (secondary N) is 3. The van der Waals surface area contributed by atoms with Crippen LogP contribution < -0.4 is 16.0 Å². The van der Waals surface area contributed by atoms with Crippen LogP contribution in [0.25, 0.3) is 0 Å². The molecular formula is C18H19N3O2S. The molecule has 0 atom stereocenters. The van der Waals surface area contributed by atoms with Gasteiger partial charge in [-0.25, -0.2) is 0 Å². The van der Waals surface area contributed by atoms with E-state index in [-0.39, 0.29) is 16.9 Å². The Balaban J connectivity index is 2.04. The van der Waals surface area contributed by atoms with Crippen molar-refractivity contribution in [3.63, 3.8) is 0 Å². The molecule has 3 N–H and O–H groups in total. The summed E-state index contributed by atoms with van der Waals surface area (Å²) in [6.45, 7) is 5.27. The predicted molar refractivity (Wildman–Crippen MR) is 100 cm³/mol. The summed E-state index contributed by atoms with van der Waals surface area (Å²) in [7, 11) is 0. The van der Waals surface area contributed by atoms with Gasteiger partial charge in [0.25, 0.3) is 5.91 Å². The van der Waals surface area contributed by atoms with E-state index < -0.39 is 0 Å². The zero-order valence-electron chi connectivity index (χ0n) is 13.8. The van der Waals surface area contributed by atoms with Crippen molar-refractivity contribution in [3.8, 4) is 0 Å². The molecule has 2 amide bonds. The van der Waals surface area contributed by atoms with Crippen LogP contribution in [0.15, 0.2) is 42.5 Å². The van der Waals surface area contributed by atoms with Crippen LogP contribution in [0.5, 0.6) is 0 Å². The Morgan fingerprint density at radius 2 is 1.75 bits per heavy atom. The molecule has 0 saturated heterocycles. The average Bonchev–Trinajstić information content (AvgIpc) is 2.50. The number of hydrogen-bond donors (Lipinski definition) is 3. The zero-order chi connectivity index (χ0) is 17.7. The smallest absolute Gasteiger partial charge is 0.257 e. The molecule has 6 heteroatoms. The standard InChI is InChI=1S/C18H19N3O2S/c1-11-5-4-6-14(9-11)17(23)21-18(24)20-15-8-7-12(2)16(10-15)19-13(3)22/h4-10H,1-3H3,(H,19,22)(H2,20,21,23,24). The number of anilines is 2. The third-order valence-corrected chi connectivity index (χ3v) is 3.52. The summed E-state index contributed by atoms with van der Waals surface area (Å²) >= 11 is 5.18. The predicted octanol–water partition coefficient (Wildman–Crippen LogP) is 3.39. The topological polar surface area (TPSA) is 70.2 Å². The second-order valence-corrected chi connectivity index (χ2v) is 5.90. The van der Waals surface area contributed by atoms with Crippen molar-refractivity contribution in [2.24, 2.45) is 0 Å². The van der Waals surface area contributed by atoms with Gasteiger partial charge in [0.1, 0.15) is 0 Å². The molecule has 0 bridgehead atoms. The first kappa shape index (κ1) is 17.6. The molecule has 0 heterocycles. The fourth-order valence-corrected chi connectivity index (χ4v) is 2.36. The van der Waals surface area contributed by atoms with E-state index in [1.54, 1.807) is 18.2 Å². The minimum Gasteiger partial charge on any atom is -0.332 e.